The van der Waals surface area contributed by atoms with Crippen LogP contribution in [0.4, 0.5) is 17.6 Å². The number of benzene rings is 2. The van der Waals surface area contributed by atoms with Crippen molar-refractivity contribution in [3.05, 3.63) is 105 Å². The number of aromatic nitrogens is 2. The van der Waals surface area contributed by atoms with Gasteiger partial charge in [0.25, 0.3) is 11.1 Å². The summed E-state index contributed by atoms with van der Waals surface area (Å²) in [4.78, 5) is 33.3. The van der Waals surface area contributed by atoms with Crippen molar-refractivity contribution in [1.82, 2.24) is 9.13 Å². The fourth-order valence-corrected chi connectivity index (χ4v) is 3.23. The Morgan fingerprint density at radius 2 is 1.16 bits per heavy atom. The molecule has 0 bridgehead atoms. The highest BCUT2D eigenvalue weighted by molar-refractivity contribution is 5.80. The molecule has 0 radical (unpaired) electrons. The maximum atomic E-state index is 13.4. The molecule has 0 spiro atoms. The molecule has 5 nitrogen and oxygen atoms in total. The largest absolute Gasteiger partial charge is 0.304 e. The lowest BCUT2D eigenvalue weighted by Crippen LogP contribution is -2.20. The van der Waals surface area contributed by atoms with Crippen LogP contribution >= 0.6 is 0 Å². The molecule has 0 unspecified atom stereocenters. The summed E-state index contributed by atoms with van der Waals surface area (Å²) in [6.07, 6.45) is 2.01. The van der Waals surface area contributed by atoms with E-state index >= 15 is 0 Å². The van der Waals surface area contributed by atoms with E-state index in [1.807, 2.05) is 0 Å². The predicted octanol–water partition coefficient (Wildman–Crippen LogP) is 3.94. The first kappa shape index (κ1) is 22.7. The Morgan fingerprint density at radius 3 is 1.56 bits per heavy atom. The van der Waals surface area contributed by atoms with Crippen molar-refractivity contribution in [2.24, 2.45) is 0 Å². The predicted molar refractivity (Wildman–Crippen MR) is 113 cm³/mol. The monoisotopic (exact) mass is 444 g/mol. The number of aldehydes is 1. The van der Waals surface area contributed by atoms with Crippen molar-refractivity contribution in [2.75, 3.05) is 0 Å². The third-order valence-electron chi connectivity index (χ3n) is 4.61. The van der Waals surface area contributed by atoms with Gasteiger partial charge in [0.15, 0.2) is 0 Å². The number of pyridine rings is 2. The highest BCUT2D eigenvalue weighted by atomic mass is 19.1. The van der Waals surface area contributed by atoms with E-state index in [0.29, 0.717) is 6.29 Å². The molecule has 0 aliphatic carbocycles. The first-order valence-electron chi connectivity index (χ1n) is 9.28. The minimum Gasteiger partial charge on any atom is -0.304 e. The Morgan fingerprint density at radius 1 is 0.719 bits per heavy atom. The second-order valence-corrected chi connectivity index (χ2v) is 6.66. The van der Waals surface area contributed by atoms with Gasteiger partial charge >= 0.3 is 0 Å². The van der Waals surface area contributed by atoms with Gasteiger partial charge in [0.2, 0.25) is 0 Å². The van der Waals surface area contributed by atoms with Gasteiger partial charge in [0, 0.05) is 41.6 Å². The topological polar surface area (TPSA) is 61.1 Å². The smallest absolute Gasteiger partial charge is 0.251 e. The summed E-state index contributed by atoms with van der Waals surface area (Å²) in [7, 11) is 0. The number of hydrogen-bond donors (Lipinski definition) is 0. The number of rotatable bonds is 4. The zero-order valence-electron chi connectivity index (χ0n) is 16.5. The molecule has 2 aromatic heterocycles. The van der Waals surface area contributed by atoms with Crippen LogP contribution in [-0.2, 0) is 17.9 Å². The fourth-order valence-electron chi connectivity index (χ4n) is 3.23. The molecular weight excluding hydrogens is 428 g/mol. The standard InChI is InChI=1S/C12H9F2NO.C11H7F2NO2/c1-2-5-15-11-7-8(13)6-10(14)9(11)3-4-12(15)16;12-7-5-9(13)8-1-2-11(16)14(3-4-15)10(8)6-7/h2-4,6-7H,1,5H2;1-2,4-6H,3H2. The van der Waals surface area contributed by atoms with E-state index in [1.54, 1.807) is 0 Å². The highest BCUT2D eigenvalue weighted by Gasteiger charge is 2.09. The van der Waals surface area contributed by atoms with Gasteiger partial charge in [-0.1, -0.05) is 6.08 Å². The molecule has 0 fully saturated rings. The van der Waals surface area contributed by atoms with E-state index in [4.69, 9.17) is 0 Å². The third-order valence-corrected chi connectivity index (χ3v) is 4.61. The Labute approximate surface area is 178 Å². The average molecular weight is 444 g/mol. The number of allylic oxidation sites excluding steroid dienone is 1. The molecule has 4 aromatic rings. The van der Waals surface area contributed by atoms with Crippen molar-refractivity contribution in [3.8, 4) is 0 Å². The molecule has 164 valence electrons. The van der Waals surface area contributed by atoms with Gasteiger partial charge in [0.05, 0.1) is 17.6 Å². The molecular formula is C23H16F4N2O3. The molecule has 0 aliphatic rings. The summed E-state index contributed by atoms with van der Waals surface area (Å²) in [5.74, 6) is -2.91. The van der Waals surface area contributed by atoms with Crippen LogP contribution in [0.25, 0.3) is 21.8 Å². The van der Waals surface area contributed by atoms with E-state index in [-0.39, 0.29) is 40.5 Å². The number of nitrogens with zero attached hydrogens (tertiary/aromatic N) is 2. The van der Waals surface area contributed by atoms with Crippen LogP contribution in [0.1, 0.15) is 0 Å². The first-order valence-corrected chi connectivity index (χ1v) is 9.28. The van der Waals surface area contributed by atoms with Crippen LogP contribution in [-0.4, -0.2) is 15.4 Å². The lowest BCUT2D eigenvalue weighted by molar-refractivity contribution is -0.108. The van der Waals surface area contributed by atoms with Crippen LogP contribution in [0.2, 0.25) is 0 Å². The van der Waals surface area contributed by atoms with Crippen LogP contribution in [0.15, 0.2) is 70.8 Å². The molecule has 0 aliphatic heterocycles. The van der Waals surface area contributed by atoms with E-state index in [2.05, 4.69) is 6.58 Å². The average Bonchev–Trinajstić information content (AvgIpc) is 2.73. The van der Waals surface area contributed by atoms with Gasteiger partial charge in [-0.2, -0.15) is 0 Å². The minimum absolute atomic E-state index is 0.0806. The summed E-state index contributed by atoms with van der Waals surface area (Å²) in [5, 5.41) is 0.339. The molecule has 0 saturated heterocycles. The second-order valence-electron chi connectivity index (χ2n) is 6.66. The van der Waals surface area contributed by atoms with E-state index in [9.17, 15) is 31.9 Å². The number of carbonyl (C=O) groups excluding carboxylic acids is 1. The van der Waals surface area contributed by atoms with Crippen molar-refractivity contribution in [3.63, 3.8) is 0 Å². The number of carbonyl (C=O) groups is 1. The van der Waals surface area contributed by atoms with Crippen molar-refractivity contribution in [2.45, 2.75) is 13.1 Å². The van der Waals surface area contributed by atoms with E-state index in [1.165, 1.54) is 28.8 Å². The van der Waals surface area contributed by atoms with Crippen LogP contribution in [0.5, 0.6) is 0 Å². The Kier molecular flexibility index (Phi) is 6.67. The zero-order valence-corrected chi connectivity index (χ0v) is 16.5. The lowest BCUT2D eigenvalue weighted by atomic mass is 10.2. The normalized spacial score (nSPS) is 10.6. The number of fused-ring (bicyclic) bond motifs is 2. The van der Waals surface area contributed by atoms with Gasteiger partial charge in [-0.3, -0.25) is 9.59 Å². The van der Waals surface area contributed by atoms with E-state index < -0.39 is 28.8 Å². The summed E-state index contributed by atoms with van der Waals surface area (Å²) in [6.45, 7) is 3.50. The van der Waals surface area contributed by atoms with E-state index in [0.717, 1.165) is 34.9 Å². The summed E-state index contributed by atoms with van der Waals surface area (Å²) in [6, 6.07) is 8.73. The first-order chi connectivity index (χ1) is 15.3. The number of halogens is 4. The van der Waals surface area contributed by atoms with Gasteiger partial charge in [-0.05, 0) is 24.3 Å². The second kappa shape index (κ2) is 9.42. The molecule has 0 N–H and O–H groups in total. The highest BCUT2D eigenvalue weighted by Crippen LogP contribution is 2.19. The maximum absolute atomic E-state index is 13.4. The molecule has 4 rings (SSSR count). The van der Waals surface area contributed by atoms with Crippen LogP contribution in [0, 0.1) is 23.3 Å². The molecule has 2 aromatic carbocycles. The molecule has 9 heteroatoms. The third kappa shape index (κ3) is 4.51. The summed E-state index contributed by atoms with van der Waals surface area (Å²) >= 11 is 0. The van der Waals surface area contributed by atoms with Crippen molar-refractivity contribution >= 4 is 28.1 Å². The van der Waals surface area contributed by atoms with Crippen LogP contribution < -0.4 is 11.1 Å². The molecule has 0 saturated carbocycles. The minimum atomic E-state index is -0.782. The Bertz CT molecular complexity index is 1350. The maximum Gasteiger partial charge on any atom is 0.251 e. The fraction of sp³-hybridized carbons (Fsp3) is 0.0870. The lowest BCUT2D eigenvalue weighted by Gasteiger charge is -2.08. The molecule has 32 heavy (non-hydrogen) atoms. The Hall–Kier alpha value is -4.01. The van der Waals surface area contributed by atoms with Gasteiger partial charge in [-0.15, -0.1) is 6.58 Å². The SMILES string of the molecule is C=CCn1c(=O)ccc2c(F)cc(F)cc21.O=CCn1c(=O)ccc2c(F)cc(F)cc21. The number of hydrogen-bond acceptors (Lipinski definition) is 3. The summed E-state index contributed by atoms with van der Waals surface area (Å²) < 4.78 is 55.1. The zero-order chi connectivity index (χ0) is 23.4. The van der Waals surface area contributed by atoms with Crippen molar-refractivity contribution < 1.29 is 22.4 Å². The molecule has 2 heterocycles. The molecule has 0 amide bonds. The summed E-state index contributed by atoms with van der Waals surface area (Å²) in [5.41, 5.74) is -0.455. The quantitative estimate of drug-likeness (QED) is 0.272. The Balaban J connectivity index is 0.000000181. The van der Waals surface area contributed by atoms with Gasteiger partial charge in [-0.25, -0.2) is 17.6 Å². The van der Waals surface area contributed by atoms with Gasteiger partial charge < -0.3 is 13.9 Å². The van der Waals surface area contributed by atoms with Crippen molar-refractivity contribution in [1.29, 1.82) is 0 Å². The van der Waals surface area contributed by atoms with Gasteiger partial charge in [0.1, 0.15) is 29.6 Å². The molecule has 0 atom stereocenters. The van der Waals surface area contributed by atoms with Crippen LogP contribution in [0.3, 0.4) is 0 Å².